The van der Waals surface area contributed by atoms with Gasteiger partial charge in [0.1, 0.15) is 11.5 Å². The molecule has 1 amide bonds. The number of carbonyl (C=O) groups is 1. The zero-order chi connectivity index (χ0) is 18.1. The number of carbonyl (C=O) groups excluding carboxylic acids is 1. The van der Waals surface area contributed by atoms with Crippen LogP contribution in [0.5, 0.6) is 11.5 Å². The molecule has 0 saturated heterocycles. The van der Waals surface area contributed by atoms with Crippen LogP contribution in [0, 0.1) is 0 Å². The molecule has 0 saturated carbocycles. The van der Waals surface area contributed by atoms with Gasteiger partial charge in [-0.1, -0.05) is 12.1 Å². The second-order valence-electron chi connectivity index (χ2n) is 5.44. The number of hydrogen-bond donors (Lipinski definition) is 1. The molecular weight excluding hydrogens is 316 g/mol. The highest BCUT2D eigenvalue weighted by Crippen LogP contribution is 2.13. The molecule has 0 atom stereocenters. The first kappa shape index (κ1) is 18.5. The van der Waals surface area contributed by atoms with E-state index in [1.807, 2.05) is 69.3 Å². The molecule has 2 aromatic rings. The van der Waals surface area contributed by atoms with E-state index in [1.54, 1.807) is 0 Å². The maximum Gasteiger partial charge on any atom is 0.244 e. The fourth-order valence-electron chi connectivity index (χ4n) is 2.26. The average molecular weight is 340 g/mol. The molecule has 0 unspecified atom stereocenters. The van der Waals surface area contributed by atoms with Gasteiger partial charge in [0.25, 0.3) is 0 Å². The number of nitrogens with zero attached hydrogens (tertiary/aromatic N) is 1. The van der Waals surface area contributed by atoms with E-state index < -0.39 is 0 Å². The predicted molar refractivity (Wildman–Crippen MR) is 99.3 cm³/mol. The van der Waals surface area contributed by atoms with Crippen molar-refractivity contribution in [3.8, 4) is 11.5 Å². The fourth-order valence-corrected chi connectivity index (χ4v) is 2.26. The Bertz CT molecular complexity index is 707. The monoisotopic (exact) mass is 340 g/mol. The van der Waals surface area contributed by atoms with E-state index in [2.05, 4.69) is 10.5 Å². The number of rotatable bonds is 8. The third-order valence-electron chi connectivity index (χ3n) is 3.53. The van der Waals surface area contributed by atoms with Gasteiger partial charge in [0.05, 0.1) is 25.3 Å². The first-order valence-electron chi connectivity index (χ1n) is 8.40. The highest BCUT2D eigenvalue weighted by molar-refractivity contribution is 5.99. The lowest BCUT2D eigenvalue weighted by Gasteiger charge is -2.06. The number of benzene rings is 2. The molecule has 5 nitrogen and oxygen atoms in total. The number of hydrogen-bond acceptors (Lipinski definition) is 4. The molecule has 0 aromatic heterocycles. The minimum Gasteiger partial charge on any atom is -0.494 e. The van der Waals surface area contributed by atoms with Gasteiger partial charge in [-0.25, -0.2) is 5.43 Å². The van der Waals surface area contributed by atoms with E-state index in [-0.39, 0.29) is 12.3 Å². The number of ether oxygens (including phenoxy) is 2. The van der Waals surface area contributed by atoms with Crippen LogP contribution in [0.1, 0.15) is 31.9 Å². The Labute approximate surface area is 148 Å². The van der Waals surface area contributed by atoms with Crippen molar-refractivity contribution in [3.63, 3.8) is 0 Å². The van der Waals surface area contributed by atoms with Crippen molar-refractivity contribution in [1.29, 1.82) is 0 Å². The van der Waals surface area contributed by atoms with E-state index in [0.717, 1.165) is 28.3 Å². The molecular formula is C20H24N2O3. The lowest BCUT2D eigenvalue weighted by Crippen LogP contribution is -2.21. The molecule has 0 spiro atoms. The molecule has 2 aromatic carbocycles. The van der Waals surface area contributed by atoms with Crippen molar-refractivity contribution in [3.05, 3.63) is 59.7 Å². The highest BCUT2D eigenvalue weighted by Gasteiger charge is 2.04. The zero-order valence-corrected chi connectivity index (χ0v) is 14.9. The minimum absolute atomic E-state index is 0.158. The Hall–Kier alpha value is -2.82. The molecule has 0 aliphatic heterocycles. The third-order valence-corrected chi connectivity index (χ3v) is 3.53. The smallest absolute Gasteiger partial charge is 0.244 e. The normalized spacial score (nSPS) is 11.1. The largest absolute Gasteiger partial charge is 0.494 e. The van der Waals surface area contributed by atoms with Gasteiger partial charge in [-0.2, -0.15) is 5.10 Å². The van der Waals surface area contributed by atoms with E-state index in [0.29, 0.717) is 13.2 Å². The van der Waals surface area contributed by atoms with Crippen molar-refractivity contribution in [2.75, 3.05) is 13.2 Å². The van der Waals surface area contributed by atoms with E-state index in [1.165, 1.54) is 0 Å². The van der Waals surface area contributed by atoms with Crippen LogP contribution < -0.4 is 14.9 Å². The van der Waals surface area contributed by atoms with E-state index in [9.17, 15) is 4.79 Å². The second-order valence-corrected chi connectivity index (χ2v) is 5.44. The van der Waals surface area contributed by atoms with E-state index >= 15 is 0 Å². The number of nitrogens with one attached hydrogen (secondary N) is 1. The van der Waals surface area contributed by atoms with Crippen LogP contribution in [0.3, 0.4) is 0 Å². The fraction of sp³-hybridized carbons (Fsp3) is 0.300. The maximum absolute atomic E-state index is 12.0. The molecule has 25 heavy (non-hydrogen) atoms. The third kappa shape index (κ3) is 5.95. The predicted octanol–water partition coefficient (Wildman–Crippen LogP) is 3.57. The summed E-state index contributed by atoms with van der Waals surface area (Å²) >= 11 is 0. The van der Waals surface area contributed by atoms with Crippen LogP contribution >= 0.6 is 0 Å². The van der Waals surface area contributed by atoms with Crippen molar-refractivity contribution in [1.82, 2.24) is 5.43 Å². The van der Waals surface area contributed by atoms with Gasteiger partial charge in [0.15, 0.2) is 0 Å². The Morgan fingerprint density at radius 3 is 1.96 bits per heavy atom. The van der Waals surface area contributed by atoms with Crippen LogP contribution in [0.2, 0.25) is 0 Å². The lowest BCUT2D eigenvalue weighted by atomic mass is 10.1. The van der Waals surface area contributed by atoms with Crippen molar-refractivity contribution in [2.24, 2.45) is 5.10 Å². The summed E-state index contributed by atoms with van der Waals surface area (Å²) in [7, 11) is 0. The summed E-state index contributed by atoms with van der Waals surface area (Å²) in [6, 6.07) is 15.1. The second kappa shape index (κ2) is 9.47. The van der Waals surface area contributed by atoms with Gasteiger partial charge < -0.3 is 9.47 Å². The summed E-state index contributed by atoms with van der Waals surface area (Å²) in [6.45, 7) is 6.99. The molecule has 1 N–H and O–H groups in total. The minimum atomic E-state index is -0.158. The number of hydrazone groups is 1. The van der Waals surface area contributed by atoms with Gasteiger partial charge in [-0.15, -0.1) is 0 Å². The molecule has 0 radical (unpaired) electrons. The maximum atomic E-state index is 12.0. The van der Waals surface area contributed by atoms with Gasteiger partial charge >= 0.3 is 0 Å². The van der Waals surface area contributed by atoms with Gasteiger partial charge in [-0.05, 0) is 68.3 Å². The SMILES string of the molecule is CCOc1ccc(CC(=O)N/N=C(/C)c2ccc(OCC)cc2)cc1. The van der Waals surface area contributed by atoms with Gasteiger partial charge in [0, 0.05) is 0 Å². The molecule has 0 aliphatic rings. The molecule has 0 heterocycles. The topological polar surface area (TPSA) is 59.9 Å². The Morgan fingerprint density at radius 2 is 1.44 bits per heavy atom. The summed E-state index contributed by atoms with van der Waals surface area (Å²) in [5.41, 5.74) is 5.18. The summed E-state index contributed by atoms with van der Waals surface area (Å²) in [4.78, 5) is 12.0. The first-order valence-corrected chi connectivity index (χ1v) is 8.40. The molecule has 0 bridgehead atoms. The van der Waals surface area contributed by atoms with Crippen LogP contribution in [-0.4, -0.2) is 24.8 Å². The Morgan fingerprint density at radius 1 is 0.920 bits per heavy atom. The van der Waals surface area contributed by atoms with Crippen LogP contribution in [0.25, 0.3) is 0 Å². The molecule has 132 valence electrons. The summed E-state index contributed by atoms with van der Waals surface area (Å²) in [5.74, 6) is 1.46. The van der Waals surface area contributed by atoms with Crippen LogP contribution in [0.4, 0.5) is 0 Å². The molecule has 0 aliphatic carbocycles. The zero-order valence-electron chi connectivity index (χ0n) is 14.9. The van der Waals surface area contributed by atoms with Crippen LogP contribution in [-0.2, 0) is 11.2 Å². The van der Waals surface area contributed by atoms with Gasteiger partial charge in [-0.3, -0.25) is 4.79 Å². The molecule has 2 rings (SSSR count). The molecule has 5 heteroatoms. The Kier molecular flexibility index (Phi) is 7.01. The summed E-state index contributed by atoms with van der Waals surface area (Å²) < 4.78 is 10.8. The van der Waals surface area contributed by atoms with Crippen LogP contribution in [0.15, 0.2) is 53.6 Å². The summed E-state index contributed by atoms with van der Waals surface area (Å²) in [5, 5.41) is 4.16. The lowest BCUT2D eigenvalue weighted by molar-refractivity contribution is -0.120. The quantitative estimate of drug-likeness (QED) is 0.590. The van der Waals surface area contributed by atoms with E-state index in [4.69, 9.17) is 9.47 Å². The average Bonchev–Trinajstić information content (AvgIpc) is 2.62. The first-order chi connectivity index (χ1) is 12.1. The Balaban J connectivity index is 1.89. The van der Waals surface area contributed by atoms with Crippen molar-refractivity contribution >= 4 is 11.6 Å². The number of amides is 1. The molecule has 0 fully saturated rings. The van der Waals surface area contributed by atoms with Crippen molar-refractivity contribution in [2.45, 2.75) is 27.2 Å². The van der Waals surface area contributed by atoms with Gasteiger partial charge in [0.2, 0.25) is 5.91 Å². The summed E-state index contributed by atoms with van der Waals surface area (Å²) in [6.07, 6.45) is 0.270. The standard InChI is InChI=1S/C20H24N2O3/c1-4-24-18-10-6-16(7-11-18)14-20(23)22-21-15(3)17-8-12-19(13-9-17)25-5-2/h6-13H,4-5,14H2,1-3H3,(H,22,23)/b21-15-. The highest BCUT2D eigenvalue weighted by atomic mass is 16.5. The van der Waals surface area contributed by atoms with Crippen molar-refractivity contribution < 1.29 is 14.3 Å².